The van der Waals surface area contributed by atoms with Gasteiger partial charge in [-0.3, -0.25) is 0 Å². The second-order valence-electron chi connectivity index (χ2n) is 6.34. The van der Waals surface area contributed by atoms with Gasteiger partial charge in [0.25, 0.3) is 0 Å². The van der Waals surface area contributed by atoms with Gasteiger partial charge >= 0.3 is 0 Å². The maximum Gasteiger partial charge on any atom is 0.159 e. The first-order valence-electron chi connectivity index (χ1n) is 7.55. The van der Waals surface area contributed by atoms with E-state index in [2.05, 4.69) is 4.98 Å². The smallest absolute Gasteiger partial charge is 0.159 e. The molecule has 0 saturated carbocycles. The first-order valence-corrected chi connectivity index (χ1v) is 7.55. The number of hydrogen-bond donors (Lipinski definition) is 0. The van der Waals surface area contributed by atoms with E-state index in [-0.39, 0.29) is 5.82 Å². The molecular weight excluding hydrogens is 313 g/mol. The van der Waals surface area contributed by atoms with Crippen molar-refractivity contribution in [2.45, 2.75) is 26.2 Å². The molecule has 124 valence electrons. The van der Waals surface area contributed by atoms with Crippen molar-refractivity contribution < 1.29 is 13.2 Å². The molecule has 0 saturated heterocycles. The summed E-state index contributed by atoms with van der Waals surface area (Å²) in [6.07, 6.45) is 3.31. The Labute approximate surface area is 138 Å². The highest BCUT2D eigenvalue weighted by Crippen LogP contribution is 2.33. The lowest BCUT2D eigenvalue weighted by Gasteiger charge is -2.27. The van der Waals surface area contributed by atoms with E-state index < -0.39 is 17.0 Å². The van der Waals surface area contributed by atoms with Crippen LogP contribution in [0.25, 0.3) is 5.69 Å². The van der Waals surface area contributed by atoms with Crippen LogP contribution in [0.5, 0.6) is 0 Å². The Hall–Kier alpha value is -2.56. The van der Waals surface area contributed by atoms with Crippen LogP contribution in [-0.2, 0) is 5.41 Å². The number of benzene rings is 2. The van der Waals surface area contributed by atoms with Crippen molar-refractivity contribution in [1.82, 2.24) is 9.55 Å². The first-order chi connectivity index (χ1) is 11.3. The highest BCUT2D eigenvalue weighted by Gasteiger charge is 2.28. The van der Waals surface area contributed by atoms with Crippen LogP contribution in [0.3, 0.4) is 0 Å². The third-order valence-electron chi connectivity index (χ3n) is 4.34. The summed E-state index contributed by atoms with van der Waals surface area (Å²) in [4.78, 5) is 4.18. The Bertz CT molecular complexity index is 897. The third kappa shape index (κ3) is 2.70. The first kappa shape index (κ1) is 16.3. The van der Waals surface area contributed by atoms with Gasteiger partial charge in [-0.25, -0.2) is 18.2 Å². The molecule has 0 fully saturated rings. The molecule has 1 aromatic heterocycles. The van der Waals surface area contributed by atoms with Crippen molar-refractivity contribution >= 4 is 0 Å². The van der Waals surface area contributed by atoms with Crippen LogP contribution in [0.15, 0.2) is 48.9 Å². The molecule has 0 N–H and O–H groups in total. The fourth-order valence-corrected chi connectivity index (χ4v) is 2.77. The lowest BCUT2D eigenvalue weighted by Crippen LogP contribution is -2.23. The lowest BCUT2D eigenvalue weighted by atomic mass is 9.81. The molecule has 0 atom stereocenters. The molecule has 0 aliphatic rings. The summed E-state index contributed by atoms with van der Waals surface area (Å²) < 4.78 is 42.2. The van der Waals surface area contributed by atoms with Gasteiger partial charge < -0.3 is 4.57 Å². The molecule has 0 unspecified atom stereocenters. The highest BCUT2D eigenvalue weighted by molar-refractivity contribution is 5.42. The molecule has 0 aliphatic carbocycles. The van der Waals surface area contributed by atoms with Gasteiger partial charge in [-0.1, -0.05) is 19.9 Å². The van der Waals surface area contributed by atoms with Gasteiger partial charge in [0, 0.05) is 17.3 Å². The van der Waals surface area contributed by atoms with Crippen molar-refractivity contribution in [2.75, 3.05) is 0 Å². The van der Waals surface area contributed by atoms with E-state index in [1.807, 2.05) is 18.4 Å². The maximum absolute atomic E-state index is 13.6. The van der Waals surface area contributed by atoms with Crippen molar-refractivity contribution in [3.63, 3.8) is 0 Å². The summed E-state index contributed by atoms with van der Waals surface area (Å²) in [6, 6.07) is 8.67. The summed E-state index contributed by atoms with van der Waals surface area (Å²) in [5.41, 5.74) is 2.09. The molecule has 2 aromatic carbocycles. The van der Waals surface area contributed by atoms with Crippen LogP contribution in [0.2, 0.25) is 0 Å². The van der Waals surface area contributed by atoms with Crippen LogP contribution >= 0.6 is 0 Å². The van der Waals surface area contributed by atoms with E-state index >= 15 is 0 Å². The van der Waals surface area contributed by atoms with Gasteiger partial charge in [-0.05, 0) is 48.4 Å². The summed E-state index contributed by atoms with van der Waals surface area (Å²) >= 11 is 0. The average molecular weight is 330 g/mol. The minimum Gasteiger partial charge on any atom is -0.302 e. The van der Waals surface area contributed by atoms with Crippen molar-refractivity contribution in [2.24, 2.45) is 0 Å². The molecule has 0 spiro atoms. The minimum absolute atomic E-state index is 0.278. The molecule has 1 heterocycles. The molecule has 24 heavy (non-hydrogen) atoms. The summed E-state index contributed by atoms with van der Waals surface area (Å²) in [5.74, 6) is -2.04. The second-order valence-corrected chi connectivity index (χ2v) is 6.34. The highest BCUT2D eigenvalue weighted by atomic mass is 19.2. The van der Waals surface area contributed by atoms with Gasteiger partial charge in [0.15, 0.2) is 11.6 Å². The van der Waals surface area contributed by atoms with E-state index in [9.17, 15) is 13.2 Å². The van der Waals surface area contributed by atoms with E-state index in [4.69, 9.17) is 0 Å². The Balaban J connectivity index is 2.11. The minimum atomic E-state index is -0.885. The SMILES string of the molecule is Cc1cc(-n2cncc2C(C)(C)c2ccc(F)c(F)c2)ccc1F. The van der Waals surface area contributed by atoms with E-state index in [0.29, 0.717) is 11.1 Å². The Morgan fingerprint density at radius 3 is 2.29 bits per heavy atom. The van der Waals surface area contributed by atoms with Crippen LogP contribution in [-0.4, -0.2) is 9.55 Å². The zero-order valence-corrected chi connectivity index (χ0v) is 13.6. The number of halogens is 3. The largest absolute Gasteiger partial charge is 0.302 e. The standard InChI is InChI=1S/C19H17F3N2/c1-12-8-14(5-7-15(12)20)24-11-23-10-18(24)19(2,3)13-4-6-16(21)17(22)9-13/h4-11H,1-3H3. The molecule has 5 heteroatoms. The monoisotopic (exact) mass is 330 g/mol. The molecule has 0 aliphatic heterocycles. The average Bonchev–Trinajstić information content (AvgIpc) is 3.03. The fourth-order valence-electron chi connectivity index (χ4n) is 2.77. The Morgan fingerprint density at radius 1 is 0.917 bits per heavy atom. The number of nitrogens with zero attached hydrogens (tertiary/aromatic N) is 2. The van der Waals surface area contributed by atoms with Crippen molar-refractivity contribution in [3.8, 4) is 5.69 Å². The van der Waals surface area contributed by atoms with E-state index in [1.54, 1.807) is 37.6 Å². The Kier molecular flexibility index (Phi) is 3.95. The zero-order valence-electron chi connectivity index (χ0n) is 13.6. The number of aryl methyl sites for hydroxylation is 1. The van der Waals surface area contributed by atoms with Gasteiger partial charge in [-0.15, -0.1) is 0 Å². The Morgan fingerprint density at radius 2 is 1.62 bits per heavy atom. The summed E-state index contributed by atoms with van der Waals surface area (Å²) in [7, 11) is 0. The predicted molar refractivity (Wildman–Crippen MR) is 86.7 cm³/mol. The molecule has 0 radical (unpaired) electrons. The molecule has 3 aromatic rings. The molecule has 2 nitrogen and oxygen atoms in total. The number of hydrogen-bond acceptors (Lipinski definition) is 1. The van der Waals surface area contributed by atoms with Gasteiger partial charge in [0.1, 0.15) is 5.82 Å². The van der Waals surface area contributed by atoms with Crippen molar-refractivity contribution in [1.29, 1.82) is 0 Å². The van der Waals surface area contributed by atoms with Crippen molar-refractivity contribution in [3.05, 3.63) is 83.2 Å². The molecule has 3 rings (SSSR count). The van der Waals surface area contributed by atoms with E-state index in [1.165, 1.54) is 12.1 Å². The number of aromatic nitrogens is 2. The normalized spacial score (nSPS) is 11.8. The summed E-state index contributed by atoms with van der Waals surface area (Å²) in [6.45, 7) is 5.50. The molecular formula is C19H17F3N2. The topological polar surface area (TPSA) is 17.8 Å². The third-order valence-corrected chi connectivity index (χ3v) is 4.34. The maximum atomic E-state index is 13.6. The summed E-state index contributed by atoms with van der Waals surface area (Å²) in [5, 5.41) is 0. The molecule has 0 bridgehead atoms. The van der Waals surface area contributed by atoms with Crippen LogP contribution < -0.4 is 0 Å². The quantitative estimate of drug-likeness (QED) is 0.666. The fraction of sp³-hybridized carbons (Fsp3) is 0.211. The van der Waals surface area contributed by atoms with Gasteiger partial charge in [0.05, 0.1) is 12.0 Å². The molecule has 0 amide bonds. The van der Waals surface area contributed by atoms with Gasteiger partial charge in [-0.2, -0.15) is 0 Å². The number of rotatable bonds is 3. The lowest BCUT2D eigenvalue weighted by molar-refractivity contribution is 0.500. The van der Waals surface area contributed by atoms with Crippen LogP contribution in [0.4, 0.5) is 13.2 Å². The van der Waals surface area contributed by atoms with Gasteiger partial charge in [0.2, 0.25) is 0 Å². The zero-order chi connectivity index (χ0) is 17.5. The van der Waals surface area contributed by atoms with E-state index in [0.717, 1.165) is 17.4 Å². The van der Waals surface area contributed by atoms with Crippen LogP contribution in [0.1, 0.15) is 30.7 Å². The van der Waals surface area contributed by atoms with Crippen LogP contribution in [0, 0.1) is 24.4 Å². The number of imidazole rings is 1. The second kappa shape index (κ2) is 5.82. The predicted octanol–water partition coefficient (Wildman–Crippen LogP) is 4.92.